The fourth-order valence-corrected chi connectivity index (χ4v) is 5.94. The third-order valence-electron chi connectivity index (χ3n) is 6.78. The minimum absolute atomic E-state index is 0.132. The zero-order chi connectivity index (χ0) is 20.3. The van der Waals surface area contributed by atoms with E-state index < -0.39 is 19.5 Å². The lowest BCUT2D eigenvalue weighted by atomic mass is 9.67. The quantitative estimate of drug-likeness (QED) is 0.291. The van der Waals surface area contributed by atoms with Gasteiger partial charge in [-0.1, -0.05) is 65.0 Å². The molecule has 2 unspecified atom stereocenters. The number of hydrogen-bond donors (Lipinski definition) is 0. The van der Waals surface area contributed by atoms with Crippen LogP contribution in [-0.2, 0) is 24.8 Å². The van der Waals surface area contributed by atoms with Crippen molar-refractivity contribution in [2.75, 3.05) is 0 Å². The van der Waals surface area contributed by atoms with Gasteiger partial charge >= 0.3 is 0 Å². The van der Waals surface area contributed by atoms with Gasteiger partial charge in [-0.05, 0) is 50.9 Å². The van der Waals surface area contributed by atoms with Crippen LogP contribution in [-0.4, -0.2) is 20.0 Å². The van der Waals surface area contributed by atoms with Gasteiger partial charge in [-0.25, -0.2) is 14.7 Å². The van der Waals surface area contributed by atoms with Gasteiger partial charge in [0.2, 0.25) is 8.32 Å². The van der Waals surface area contributed by atoms with Crippen LogP contribution >= 0.6 is 0 Å². The van der Waals surface area contributed by atoms with Crippen LogP contribution in [0, 0.1) is 5.41 Å². The molecule has 0 N–H and O–H groups in total. The number of benzene rings is 1. The predicted molar refractivity (Wildman–Crippen MR) is 112 cm³/mol. The van der Waals surface area contributed by atoms with Crippen molar-refractivity contribution in [3.05, 3.63) is 35.9 Å². The summed E-state index contributed by atoms with van der Waals surface area (Å²) in [5.41, 5.74) is -0.117. The van der Waals surface area contributed by atoms with Crippen LogP contribution in [0.4, 0.5) is 0 Å². The summed E-state index contributed by atoms with van der Waals surface area (Å²) in [4.78, 5) is 18.0. The molecule has 1 saturated heterocycles. The van der Waals surface area contributed by atoms with E-state index in [1.807, 2.05) is 32.0 Å². The molecule has 0 aliphatic carbocycles. The molecule has 0 aromatic heterocycles. The molecule has 0 spiro atoms. The minimum Gasteiger partial charge on any atom is -0.286 e. The van der Waals surface area contributed by atoms with Gasteiger partial charge in [0.15, 0.2) is 0 Å². The van der Waals surface area contributed by atoms with Gasteiger partial charge in [-0.3, -0.25) is 4.58 Å². The van der Waals surface area contributed by atoms with Crippen molar-refractivity contribution in [3.8, 4) is 0 Å². The Morgan fingerprint density at radius 3 is 2.07 bits per heavy atom. The van der Waals surface area contributed by atoms with Crippen LogP contribution in [0.5, 0.6) is 0 Å². The largest absolute Gasteiger partial charge is 0.286 e. The van der Waals surface area contributed by atoms with Crippen LogP contribution in [0.3, 0.4) is 0 Å². The Morgan fingerprint density at radius 2 is 1.59 bits per heavy atom. The molecular formula is C22H38O4Si. The molecule has 0 saturated carbocycles. The Kier molecular flexibility index (Phi) is 6.97. The van der Waals surface area contributed by atoms with Crippen LogP contribution < -0.4 is 0 Å². The maximum Gasteiger partial charge on any atom is 0.238 e. The molecule has 1 aromatic carbocycles. The van der Waals surface area contributed by atoms with Crippen molar-refractivity contribution >= 4 is 8.32 Å². The topological polar surface area (TPSA) is 36.9 Å². The highest BCUT2D eigenvalue weighted by atomic mass is 28.4. The molecule has 1 aliphatic rings. The van der Waals surface area contributed by atoms with E-state index in [1.54, 1.807) is 0 Å². The molecule has 27 heavy (non-hydrogen) atoms. The zero-order valence-corrected chi connectivity index (χ0v) is 19.4. The van der Waals surface area contributed by atoms with Crippen molar-refractivity contribution in [1.82, 2.24) is 0 Å². The summed E-state index contributed by atoms with van der Waals surface area (Å²) in [6.07, 6.45) is 0.606. The van der Waals surface area contributed by atoms with E-state index in [9.17, 15) is 0 Å². The first-order valence-corrected chi connectivity index (χ1v) is 12.9. The Balaban J connectivity index is 2.13. The summed E-state index contributed by atoms with van der Waals surface area (Å²) in [6.45, 7) is 17.2. The summed E-state index contributed by atoms with van der Waals surface area (Å²) in [7, 11) is -1.83. The zero-order valence-electron chi connectivity index (χ0n) is 18.4. The summed E-state index contributed by atoms with van der Waals surface area (Å²) in [5, 5.41) is 0. The highest BCUT2D eigenvalue weighted by molar-refractivity contribution is 6.73. The highest BCUT2D eigenvalue weighted by Crippen LogP contribution is 2.51. The van der Waals surface area contributed by atoms with Crippen molar-refractivity contribution in [2.45, 2.75) is 97.2 Å². The molecule has 0 amide bonds. The molecule has 1 aliphatic heterocycles. The van der Waals surface area contributed by atoms with Gasteiger partial charge in [0.25, 0.3) is 0 Å². The molecule has 5 heteroatoms. The lowest BCUT2D eigenvalue weighted by Gasteiger charge is -2.51. The third kappa shape index (κ3) is 4.48. The van der Waals surface area contributed by atoms with Gasteiger partial charge in [-0.15, -0.1) is 0 Å². The molecule has 154 valence electrons. The van der Waals surface area contributed by atoms with E-state index >= 15 is 0 Å². The lowest BCUT2D eigenvalue weighted by molar-refractivity contribution is -0.470. The van der Waals surface area contributed by atoms with E-state index in [0.29, 0.717) is 0 Å². The first kappa shape index (κ1) is 22.6. The average molecular weight is 395 g/mol. The lowest BCUT2D eigenvalue weighted by Crippen LogP contribution is -2.55. The SMILES string of the molecule is CC[Si](CC)(CC)OOC(C)(C)C1CC(C)(C)C(C)(c2ccccc2)OO1. The molecule has 2 rings (SSSR count). The Morgan fingerprint density at radius 1 is 1.04 bits per heavy atom. The van der Waals surface area contributed by atoms with Crippen LogP contribution in [0.25, 0.3) is 0 Å². The monoisotopic (exact) mass is 394 g/mol. The van der Waals surface area contributed by atoms with Crippen molar-refractivity contribution in [3.63, 3.8) is 0 Å². The summed E-state index contributed by atoms with van der Waals surface area (Å²) in [5.74, 6) is 0. The Hall–Kier alpha value is -0.723. The second kappa shape index (κ2) is 8.33. The van der Waals surface area contributed by atoms with Crippen molar-refractivity contribution in [1.29, 1.82) is 0 Å². The van der Waals surface area contributed by atoms with E-state index in [4.69, 9.17) is 19.2 Å². The fourth-order valence-electron chi connectivity index (χ4n) is 3.69. The second-order valence-corrected chi connectivity index (χ2v) is 13.8. The van der Waals surface area contributed by atoms with Gasteiger partial charge in [0.1, 0.15) is 17.3 Å². The highest BCUT2D eigenvalue weighted by Gasteiger charge is 2.54. The standard InChI is InChI=1S/C22H38O4Si/c1-9-27(10-2,11-3)26-24-21(6,7)19-17-20(4,5)22(8,25-23-19)18-15-13-12-14-16-18/h12-16,19H,9-11,17H2,1-8H3. The second-order valence-electron chi connectivity index (χ2n) is 9.17. The molecule has 2 atom stereocenters. The average Bonchev–Trinajstić information content (AvgIpc) is 2.66. The van der Waals surface area contributed by atoms with E-state index in [1.165, 1.54) is 0 Å². The minimum atomic E-state index is -1.83. The molecule has 0 bridgehead atoms. The first-order chi connectivity index (χ1) is 12.6. The maximum atomic E-state index is 6.10. The maximum absolute atomic E-state index is 6.10. The van der Waals surface area contributed by atoms with Crippen LogP contribution in [0.15, 0.2) is 30.3 Å². The smallest absolute Gasteiger partial charge is 0.238 e. The van der Waals surface area contributed by atoms with Crippen LogP contribution in [0.2, 0.25) is 18.1 Å². The summed E-state index contributed by atoms with van der Waals surface area (Å²) in [6, 6.07) is 13.4. The molecule has 0 radical (unpaired) electrons. The number of rotatable bonds is 8. The van der Waals surface area contributed by atoms with Gasteiger partial charge in [-0.2, -0.15) is 0 Å². The normalized spacial score (nSPS) is 26.1. The summed E-state index contributed by atoms with van der Waals surface area (Å²) < 4.78 is 6.10. The third-order valence-corrected chi connectivity index (χ3v) is 11.1. The molecular weight excluding hydrogens is 356 g/mol. The van der Waals surface area contributed by atoms with E-state index in [2.05, 4.69) is 53.7 Å². The van der Waals surface area contributed by atoms with Gasteiger partial charge in [0, 0.05) is 5.41 Å². The Labute approximate surface area is 166 Å². The van der Waals surface area contributed by atoms with Crippen LogP contribution in [0.1, 0.15) is 67.4 Å². The van der Waals surface area contributed by atoms with Crippen molar-refractivity contribution in [2.24, 2.45) is 5.41 Å². The van der Waals surface area contributed by atoms with Crippen molar-refractivity contribution < 1.29 is 19.2 Å². The Bertz CT molecular complexity index is 589. The molecule has 4 nitrogen and oxygen atoms in total. The molecule has 1 fully saturated rings. The molecule has 1 heterocycles. The predicted octanol–water partition coefficient (Wildman–Crippen LogP) is 6.38. The van der Waals surface area contributed by atoms with Gasteiger partial charge < -0.3 is 0 Å². The van der Waals surface area contributed by atoms with E-state index in [-0.39, 0.29) is 11.5 Å². The fraction of sp³-hybridized carbons (Fsp3) is 0.727. The first-order valence-electron chi connectivity index (χ1n) is 10.3. The number of hydrogen-bond acceptors (Lipinski definition) is 4. The van der Waals surface area contributed by atoms with E-state index in [0.717, 1.165) is 30.1 Å². The summed E-state index contributed by atoms with van der Waals surface area (Å²) >= 11 is 0. The van der Waals surface area contributed by atoms with Gasteiger partial charge in [0.05, 0.1) is 0 Å². The molecule has 1 aromatic rings.